The van der Waals surface area contributed by atoms with Crippen molar-refractivity contribution < 1.29 is 18.0 Å². The van der Waals surface area contributed by atoms with Crippen LogP contribution in [0.25, 0.3) is 11.0 Å². The largest absolute Gasteiger partial charge is 0.595 e. The fourth-order valence-corrected chi connectivity index (χ4v) is 1.24. The molecule has 0 spiro atoms. The fraction of sp³-hybridized carbons (Fsp3) is 0.125. The van der Waals surface area contributed by atoms with Gasteiger partial charge in [0.2, 0.25) is 0 Å². The highest BCUT2D eigenvalue weighted by Crippen LogP contribution is 2.29. The summed E-state index contributed by atoms with van der Waals surface area (Å²) < 4.78 is 37.0. The Morgan fingerprint density at radius 2 is 2.06 bits per heavy atom. The highest BCUT2D eigenvalue weighted by atomic mass is 19.4. The highest BCUT2D eigenvalue weighted by Gasteiger charge is 2.31. The minimum atomic E-state index is -4.54. The lowest BCUT2D eigenvalue weighted by atomic mass is 10.2. The summed E-state index contributed by atoms with van der Waals surface area (Å²) in [4.78, 5) is 14.1. The van der Waals surface area contributed by atoms with Crippen LogP contribution >= 0.6 is 0 Å². The minimum absolute atomic E-state index is 0.0418. The van der Waals surface area contributed by atoms with Gasteiger partial charge in [-0.3, -0.25) is 0 Å². The molecule has 0 atom stereocenters. The zero-order chi connectivity index (χ0) is 11.9. The third-order valence-electron chi connectivity index (χ3n) is 1.94. The molecule has 1 N–H and O–H groups in total. The van der Waals surface area contributed by atoms with E-state index >= 15 is 0 Å². The van der Waals surface area contributed by atoms with Gasteiger partial charge in [-0.1, -0.05) is 9.94 Å². The van der Waals surface area contributed by atoms with Crippen LogP contribution in [-0.2, 0) is 6.18 Å². The second-order valence-corrected chi connectivity index (χ2v) is 3.02. The van der Waals surface area contributed by atoms with Gasteiger partial charge in [0.05, 0.1) is 5.56 Å². The molecule has 0 amide bonds. The van der Waals surface area contributed by atoms with Crippen molar-refractivity contribution in [1.29, 1.82) is 0 Å². The predicted octanol–water partition coefficient (Wildman–Crippen LogP) is 0.575. The van der Waals surface area contributed by atoms with Crippen LogP contribution in [0.1, 0.15) is 5.56 Å². The molecule has 1 heterocycles. The van der Waals surface area contributed by atoms with Crippen molar-refractivity contribution in [2.24, 2.45) is 0 Å². The molecule has 0 bridgehead atoms. The van der Waals surface area contributed by atoms with Crippen molar-refractivity contribution in [3.8, 4) is 0 Å². The van der Waals surface area contributed by atoms with Crippen molar-refractivity contribution in [3.63, 3.8) is 0 Å². The molecule has 0 saturated heterocycles. The van der Waals surface area contributed by atoms with E-state index in [0.29, 0.717) is 6.07 Å². The third kappa shape index (κ3) is 1.69. The first-order valence-corrected chi connectivity index (χ1v) is 4.09. The fourth-order valence-electron chi connectivity index (χ4n) is 1.24. The number of aromatic amines is 1. The average molecular weight is 231 g/mol. The Balaban J connectivity index is 2.76. The van der Waals surface area contributed by atoms with E-state index in [1.807, 2.05) is 0 Å². The maximum atomic E-state index is 12.3. The maximum Gasteiger partial charge on any atom is 0.416 e. The van der Waals surface area contributed by atoms with Crippen molar-refractivity contribution >= 4 is 11.0 Å². The molecule has 84 valence electrons. The number of rotatable bonds is 0. The predicted molar refractivity (Wildman–Crippen MR) is 46.3 cm³/mol. The molecule has 0 fully saturated rings. The van der Waals surface area contributed by atoms with E-state index in [4.69, 9.17) is 0 Å². The second kappa shape index (κ2) is 3.19. The topological polar surface area (TPSA) is 72.7 Å². The van der Waals surface area contributed by atoms with Crippen molar-refractivity contribution in [2.45, 2.75) is 6.18 Å². The van der Waals surface area contributed by atoms with Crippen molar-refractivity contribution in [3.05, 3.63) is 39.5 Å². The first-order chi connectivity index (χ1) is 7.38. The number of halogens is 3. The molecule has 0 unspecified atom stereocenters. The van der Waals surface area contributed by atoms with Crippen LogP contribution in [0.15, 0.2) is 23.0 Å². The molecule has 0 aliphatic heterocycles. The number of nitrogens with zero attached hydrogens (tertiary/aromatic N) is 2. The lowest BCUT2D eigenvalue weighted by molar-refractivity contribution is -0.644. The molecule has 5 nitrogen and oxygen atoms in total. The van der Waals surface area contributed by atoms with Gasteiger partial charge in [0.15, 0.2) is 0 Å². The number of aromatic nitrogens is 3. The van der Waals surface area contributed by atoms with Gasteiger partial charge in [0.1, 0.15) is 5.52 Å². The normalized spacial score (nSPS) is 11.9. The number of H-pyrrole nitrogens is 1. The van der Waals surface area contributed by atoms with Gasteiger partial charge in [0, 0.05) is 6.07 Å². The van der Waals surface area contributed by atoms with Crippen LogP contribution in [-0.4, -0.2) is 10.1 Å². The first-order valence-electron chi connectivity index (χ1n) is 4.09. The van der Waals surface area contributed by atoms with E-state index < -0.39 is 17.4 Å². The van der Waals surface area contributed by atoms with Crippen LogP contribution in [0, 0.1) is 5.21 Å². The molecule has 8 heteroatoms. The quantitative estimate of drug-likeness (QED) is 0.532. The third-order valence-corrected chi connectivity index (χ3v) is 1.94. The van der Waals surface area contributed by atoms with Crippen LogP contribution in [0.4, 0.5) is 13.2 Å². The maximum absolute atomic E-state index is 12.3. The van der Waals surface area contributed by atoms with Crippen molar-refractivity contribution in [2.75, 3.05) is 0 Å². The number of benzene rings is 1. The van der Waals surface area contributed by atoms with Gasteiger partial charge in [-0.2, -0.15) is 18.2 Å². The van der Waals surface area contributed by atoms with Gasteiger partial charge in [-0.15, -0.1) is 0 Å². The summed E-state index contributed by atoms with van der Waals surface area (Å²) >= 11 is 0. The monoisotopic (exact) mass is 231 g/mol. The lowest BCUT2D eigenvalue weighted by Gasteiger charge is -2.06. The molecule has 0 saturated carbocycles. The van der Waals surface area contributed by atoms with Gasteiger partial charge >= 0.3 is 11.9 Å². The molecular formula is C8H4F3N3O2. The summed E-state index contributed by atoms with van der Waals surface area (Å²) in [6.45, 7) is 0. The van der Waals surface area contributed by atoms with Gasteiger partial charge in [-0.05, 0) is 12.1 Å². The van der Waals surface area contributed by atoms with E-state index in [1.165, 1.54) is 0 Å². The number of hydrogen-bond acceptors (Lipinski definition) is 3. The molecule has 16 heavy (non-hydrogen) atoms. The van der Waals surface area contributed by atoms with Gasteiger partial charge < -0.3 is 5.21 Å². The Bertz CT molecular complexity index is 605. The second-order valence-electron chi connectivity index (χ2n) is 3.02. The molecule has 1 aromatic carbocycles. The van der Waals surface area contributed by atoms with Crippen LogP contribution in [0.5, 0.6) is 0 Å². The van der Waals surface area contributed by atoms with Crippen molar-refractivity contribution in [1.82, 2.24) is 10.1 Å². The molecule has 0 aliphatic carbocycles. The van der Waals surface area contributed by atoms with E-state index in [1.54, 1.807) is 5.10 Å². The van der Waals surface area contributed by atoms with Gasteiger partial charge in [-0.25, -0.2) is 4.79 Å². The molecule has 1 aromatic heterocycles. The van der Waals surface area contributed by atoms with Crippen LogP contribution < -0.4 is 10.5 Å². The molecule has 0 aliphatic rings. The zero-order valence-electron chi connectivity index (χ0n) is 7.58. The number of alkyl halides is 3. The average Bonchev–Trinajstić information content (AvgIpc) is 2.15. The van der Waals surface area contributed by atoms with E-state index in [-0.39, 0.29) is 15.9 Å². The Morgan fingerprint density at radius 3 is 2.69 bits per heavy atom. The van der Waals surface area contributed by atoms with Gasteiger partial charge in [0.25, 0.3) is 5.52 Å². The Kier molecular flexibility index (Phi) is 2.07. The van der Waals surface area contributed by atoms with Crippen LogP contribution in [0.2, 0.25) is 0 Å². The number of nitrogens with one attached hydrogen (secondary N) is 1. The summed E-state index contributed by atoms with van der Waals surface area (Å²) in [5, 5.41) is 12.9. The summed E-state index contributed by atoms with van der Waals surface area (Å²) in [6, 6.07) is 2.36. The molecule has 2 aromatic rings. The Hall–Kier alpha value is -2.12. The summed E-state index contributed by atoms with van der Waals surface area (Å²) in [7, 11) is 0. The Morgan fingerprint density at radius 1 is 1.38 bits per heavy atom. The lowest BCUT2D eigenvalue weighted by Crippen LogP contribution is -2.39. The number of hydrogen-bond donors (Lipinski definition) is 1. The molecular weight excluding hydrogens is 227 g/mol. The van der Waals surface area contributed by atoms with Crippen LogP contribution in [0.3, 0.4) is 0 Å². The smallest absolute Gasteiger partial charge is 0.416 e. The van der Waals surface area contributed by atoms with E-state index in [0.717, 1.165) is 12.1 Å². The summed E-state index contributed by atoms with van der Waals surface area (Å²) in [5.41, 5.74) is -2.32. The summed E-state index contributed by atoms with van der Waals surface area (Å²) in [5.74, 6) is 0. The minimum Gasteiger partial charge on any atom is -0.595 e. The number of fused-ring (bicyclic) bond motifs is 1. The zero-order valence-corrected chi connectivity index (χ0v) is 7.58. The van der Waals surface area contributed by atoms with E-state index in [2.05, 4.69) is 4.98 Å². The first kappa shape index (κ1) is 10.4. The SMILES string of the molecule is O=c1nc2ccc(C(F)(F)F)cc2[n+]([O-])[nH]1. The highest BCUT2D eigenvalue weighted by molar-refractivity contribution is 5.71. The standard InChI is InChI=1S/C8H4F3N3O2/c9-8(10,11)4-1-2-5-6(3-4)14(16)13-7(15)12-5/h1-3H,(H,12,13,15). The molecule has 0 radical (unpaired) electrons. The van der Waals surface area contributed by atoms with E-state index in [9.17, 15) is 23.2 Å². The Labute approximate surface area is 85.7 Å². The molecule has 2 rings (SSSR count). The summed E-state index contributed by atoms with van der Waals surface area (Å²) in [6.07, 6.45) is -4.54.